The highest BCUT2D eigenvalue weighted by atomic mass is 16.3. The molecule has 0 aromatic carbocycles. The fraction of sp³-hybridized carbons (Fsp3) is 0.462. The van der Waals surface area contributed by atoms with E-state index in [1.165, 1.54) is 6.20 Å². The lowest BCUT2D eigenvalue weighted by Gasteiger charge is -2.25. The second kappa shape index (κ2) is 5.36. The Hall–Kier alpha value is -1.95. The largest absolute Gasteiger partial charge is 0.388 e. The summed E-state index contributed by atoms with van der Waals surface area (Å²) < 4.78 is 1.59. The van der Waals surface area contributed by atoms with E-state index in [-0.39, 0.29) is 12.5 Å². The molecule has 0 atom stereocenters. The summed E-state index contributed by atoms with van der Waals surface area (Å²) in [4.78, 5) is 16.1. The van der Waals surface area contributed by atoms with E-state index < -0.39 is 5.60 Å². The van der Waals surface area contributed by atoms with Crippen LogP contribution in [0.3, 0.4) is 0 Å². The maximum absolute atomic E-state index is 12.1. The van der Waals surface area contributed by atoms with Crippen molar-refractivity contribution in [2.45, 2.75) is 32.3 Å². The third-order valence-electron chi connectivity index (χ3n) is 3.46. The van der Waals surface area contributed by atoms with Gasteiger partial charge in [-0.3, -0.25) is 9.78 Å². The molecule has 0 aliphatic rings. The van der Waals surface area contributed by atoms with Crippen LogP contribution in [0.15, 0.2) is 24.8 Å². The van der Waals surface area contributed by atoms with E-state index in [0.717, 1.165) is 0 Å². The maximum Gasteiger partial charge on any atom is 0.255 e. The number of fused-ring (bicyclic) bond motifs is 1. The molecule has 0 aliphatic carbocycles. The zero-order valence-corrected chi connectivity index (χ0v) is 11.1. The van der Waals surface area contributed by atoms with Crippen molar-refractivity contribution in [1.29, 1.82) is 0 Å². The Morgan fingerprint density at radius 2 is 2.16 bits per heavy atom. The third kappa shape index (κ3) is 2.73. The van der Waals surface area contributed by atoms with Crippen molar-refractivity contribution < 1.29 is 9.90 Å². The number of carbonyl (C=O) groups is 1. The molecule has 102 valence electrons. The highest BCUT2D eigenvalue weighted by molar-refractivity contribution is 6.00. The fourth-order valence-electron chi connectivity index (χ4n) is 1.85. The molecule has 2 aromatic heterocycles. The first-order chi connectivity index (χ1) is 9.09. The number of nitrogens with zero attached hydrogens (tertiary/aromatic N) is 3. The summed E-state index contributed by atoms with van der Waals surface area (Å²) in [5.74, 6) is -0.247. The SMILES string of the molecule is CCC(O)(CC)CNC(=O)c1cnn2ccncc12. The number of rotatable bonds is 5. The molecule has 6 nitrogen and oxygen atoms in total. The van der Waals surface area contributed by atoms with Crippen LogP contribution in [0.2, 0.25) is 0 Å². The molecule has 0 unspecified atom stereocenters. The summed E-state index contributed by atoms with van der Waals surface area (Å²) in [5.41, 5.74) is 0.260. The molecule has 19 heavy (non-hydrogen) atoms. The minimum Gasteiger partial charge on any atom is -0.388 e. The predicted octanol–water partition coefficient (Wildman–Crippen LogP) is 1.01. The summed E-state index contributed by atoms with van der Waals surface area (Å²) in [7, 11) is 0. The van der Waals surface area contributed by atoms with Gasteiger partial charge in [0.05, 0.1) is 29.1 Å². The summed E-state index contributed by atoms with van der Waals surface area (Å²) in [6.45, 7) is 4.03. The quantitative estimate of drug-likeness (QED) is 0.842. The van der Waals surface area contributed by atoms with Crippen LogP contribution in [-0.2, 0) is 0 Å². The Balaban J connectivity index is 2.12. The standard InChI is InChI=1S/C13H18N4O2/c1-3-13(19,4-2)9-15-12(18)10-7-16-17-6-5-14-8-11(10)17/h5-8,19H,3-4,9H2,1-2H3,(H,15,18). The number of hydrogen-bond donors (Lipinski definition) is 2. The molecule has 0 saturated heterocycles. The summed E-state index contributed by atoms with van der Waals surface area (Å²) in [6, 6.07) is 0. The Labute approximate surface area is 111 Å². The average molecular weight is 262 g/mol. The predicted molar refractivity (Wildman–Crippen MR) is 70.9 cm³/mol. The Bertz CT molecular complexity index is 575. The van der Waals surface area contributed by atoms with Gasteiger partial charge in [0.15, 0.2) is 0 Å². The van der Waals surface area contributed by atoms with Crippen LogP contribution in [-0.4, -0.2) is 37.8 Å². The van der Waals surface area contributed by atoms with E-state index in [0.29, 0.717) is 23.9 Å². The average Bonchev–Trinajstić information content (AvgIpc) is 2.88. The highest BCUT2D eigenvalue weighted by Gasteiger charge is 2.23. The van der Waals surface area contributed by atoms with Gasteiger partial charge in [-0.25, -0.2) is 4.52 Å². The number of carbonyl (C=O) groups excluding carboxylic acids is 1. The van der Waals surface area contributed by atoms with E-state index >= 15 is 0 Å². The molecule has 1 amide bonds. The van der Waals surface area contributed by atoms with Crippen molar-refractivity contribution >= 4 is 11.4 Å². The second-order valence-corrected chi connectivity index (χ2v) is 4.58. The van der Waals surface area contributed by atoms with Crippen molar-refractivity contribution in [3.8, 4) is 0 Å². The van der Waals surface area contributed by atoms with Gasteiger partial charge in [0.2, 0.25) is 0 Å². The number of nitrogens with one attached hydrogen (secondary N) is 1. The first-order valence-electron chi connectivity index (χ1n) is 6.37. The van der Waals surface area contributed by atoms with Gasteiger partial charge in [0.25, 0.3) is 5.91 Å². The second-order valence-electron chi connectivity index (χ2n) is 4.58. The van der Waals surface area contributed by atoms with E-state index in [1.807, 2.05) is 13.8 Å². The molecular formula is C13H18N4O2. The topological polar surface area (TPSA) is 79.5 Å². The first-order valence-corrected chi connectivity index (χ1v) is 6.37. The van der Waals surface area contributed by atoms with Gasteiger partial charge in [-0.2, -0.15) is 5.10 Å². The summed E-state index contributed by atoms with van der Waals surface area (Å²) in [5, 5.41) is 17.0. The molecule has 2 aromatic rings. The molecule has 2 N–H and O–H groups in total. The van der Waals surface area contributed by atoms with E-state index in [1.54, 1.807) is 23.1 Å². The molecule has 0 saturated carbocycles. The van der Waals surface area contributed by atoms with E-state index in [4.69, 9.17) is 0 Å². The van der Waals surface area contributed by atoms with Gasteiger partial charge in [0.1, 0.15) is 0 Å². The lowest BCUT2D eigenvalue weighted by molar-refractivity contribution is 0.0314. The molecule has 2 rings (SSSR count). The van der Waals surface area contributed by atoms with Gasteiger partial charge in [-0.1, -0.05) is 13.8 Å². The molecule has 6 heteroatoms. The number of aliphatic hydroxyl groups is 1. The maximum atomic E-state index is 12.1. The lowest BCUT2D eigenvalue weighted by atomic mass is 9.97. The first kappa shape index (κ1) is 13.5. The van der Waals surface area contributed by atoms with Gasteiger partial charge >= 0.3 is 0 Å². The van der Waals surface area contributed by atoms with Gasteiger partial charge in [0, 0.05) is 18.9 Å². The lowest BCUT2D eigenvalue weighted by Crippen LogP contribution is -2.42. The van der Waals surface area contributed by atoms with Crippen molar-refractivity contribution in [2.24, 2.45) is 0 Å². The smallest absolute Gasteiger partial charge is 0.255 e. The van der Waals surface area contributed by atoms with Crippen LogP contribution >= 0.6 is 0 Å². The molecular weight excluding hydrogens is 244 g/mol. The van der Waals surface area contributed by atoms with Crippen molar-refractivity contribution in [3.63, 3.8) is 0 Å². The van der Waals surface area contributed by atoms with Crippen LogP contribution in [0.5, 0.6) is 0 Å². The molecule has 2 heterocycles. The fourth-order valence-corrected chi connectivity index (χ4v) is 1.85. The minimum absolute atomic E-state index is 0.233. The van der Waals surface area contributed by atoms with Gasteiger partial charge in [-0.05, 0) is 12.8 Å². The van der Waals surface area contributed by atoms with Crippen molar-refractivity contribution in [1.82, 2.24) is 19.9 Å². The van der Waals surface area contributed by atoms with Crippen LogP contribution in [0.4, 0.5) is 0 Å². The van der Waals surface area contributed by atoms with Crippen molar-refractivity contribution in [2.75, 3.05) is 6.54 Å². The summed E-state index contributed by atoms with van der Waals surface area (Å²) >= 11 is 0. The van der Waals surface area contributed by atoms with Crippen LogP contribution < -0.4 is 5.32 Å². The van der Waals surface area contributed by atoms with Crippen LogP contribution in [0.25, 0.3) is 5.52 Å². The zero-order chi connectivity index (χ0) is 13.9. The van der Waals surface area contributed by atoms with Gasteiger partial charge in [-0.15, -0.1) is 0 Å². The third-order valence-corrected chi connectivity index (χ3v) is 3.46. The minimum atomic E-state index is -0.850. The molecule has 0 spiro atoms. The number of amides is 1. The molecule has 0 radical (unpaired) electrons. The normalized spacial score (nSPS) is 11.7. The Morgan fingerprint density at radius 1 is 1.42 bits per heavy atom. The molecule has 0 bridgehead atoms. The van der Waals surface area contributed by atoms with Gasteiger partial charge < -0.3 is 10.4 Å². The number of aromatic nitrogens is 3. The van der Waals surface area contributed by atoms with E-state index in [9.17, 15) is 9.90 Å². The number of hydrogen-bond acceptors (Lipinski definition) is 4. The monoisotopic (exact) mass is 262 g/mol. The zero-order valence-electron chi connectivity index (χ0n) is 11.1. The highest BCUT2D eigenvalue weighted by Crippen LogP contribution is 2.14. The Kier molecular flexibility index (Phi) is 3.80. The van der Waals surface area contributed by atoms with E-state index in [2.05, 4.69) is 15.4 Å². The molecule has 0 fully saturated rings. The van der Waals surface area contributed by atoms with Crippen LogP contribution in [0.1, 0.15) is 37.0 Å². The van der Waals surface area contributed by atoms with Crippen LogP contribution in [0, 0.1) is 0 Å². The Morgan fingerprint density at radius 3 is 2.84 bits per heavy atom. The summed E-state index contributed by atoms with van der Waals surface area (Å²) in [6.07, 6.45) is 7.58. The molecule has 0 aliphatic heterocycles. The van der Waals surface area contributed by atoms with Crippen molar-refractivity contribution in [3.05, 3.63) is 30.4 Å².